The Bertz CT molecular complexity index is 375. The third-order valence-corrected chi connectivity index (χ3v) is 3.97. The van der Waals surface area contributed by atoms with Crippen LogP contribution in [0.3, 0.4) is 0 Å². The van der Waals surface area contributed by atoms with Gasteiger partial charge in [-0.05, 0) is 0 Å². The van der Waals surface area contributed by atoms with Crippen LogP contribution in [-0.2, 0) is 9.53 Å². The highest BCUT2D eigenvalue weighted by atomic mass is 16.5. The van der Waals surface area contributed by atoms with Gasteiger partial charge in [0.15, 0.2) is 0 Å². The molecule has 0 aromatic heterocycles. The fourth-order valence-corrected chi connectivity index (χ4v) is 2.76. The maximum atomic E-state index is 12.1. The summed E-state index contributed by atoms with van der Waals surface area (Å²) in [6, 6.07) is -0.147. The lowest BCUT2D eigenvalue weighted by Crippen LogP contribution is -2.57. The first-order valence-electron chi connectivity index (χ1n) is 6.91. The number of ether oxygens (including phenoxy) is 1. The van der Waals surface area contributed by atoms with Crippen LogP contribution < -0.4 is 0 Å². The van der Waals surface area contributed by atoms with Gasteiger partial charge in [-0.1, -0.05) is 0 Å². The topological polar surface area (TPSA) is 90.3 Å². The van der Waals surface area contributed by atoms with Crippen LogP contribution in [0.5, 0.6) is 0 Å². The van der Waals surface area contributed by atoms with Crippen molar-refractivity contribution in [3.63, 3.8) is 0 Å². The molecule has 2 aliphatic heterocycles. The van der Waals surface area contributed by atoms with Crippen molar-refractivity contribution in [2.45, 2.75) is 24.9 Å². The monoisotopic (exact) mass is 286 g/mol. The van der Waals surface area contributed by atoms with E-state index in [0.717, 1.165) is 0 Å². The number of amides is 2. The van der Waals surface area contributed by atoms with Gasteiger partial charge in [-0.15, -0.1) is 0 Å². The Morgan fingerprint density at radius 2 is 1.95 bits per heavy atom. The highest BCUT2D eigenvalue weighted by Gasteiger charge is 2.37. The number of hydrogen-bond acceptors (Lipinski definition) is 4. The Kier molecular flexibility index (Phi) is 4.49. The van der Waals surface area contributed by atoms with E-state index >= 15 is 0 Å². The molecule has 0 spiro atoms. The molecule has 7 heteroatoms. The van der Waals surface area contributed by atoms with Crippen LogP contribution in [0.15, 0.2) is 0 Å². The van der Waals surface area contributed by atoms with Crippen molar-refractivity contribution in [3.8, 4) is 0 Å². The zero-order valence-electron chi connectivity index (χ0n) is 11.7. The van der Waals surface area contributed by atoms with Gasteiger partial charge in [0.2, 0.25) is 0 Å². The van der Waals surface area contributed by atoms with Crippen LogP contribution in [0.25, 0.3) is 0 Å². The number of carbonyl (C=O) groups is 2. The number of hydrogen-bond donors (Lipinski definition) is 2. The predicted octanol–water partition coefficient (Wildman–Crippen LogP) is -0.0138. The molecule has 7 nitrogen and oxygen atoms in total. The molecule has 20 heavy (non-hydrogen) atoms. The minimum Gasteiger partial charge on any atom is -0.481 e. The number of carboxylic acid groups (broad SMARTS) is 1. The minimum absolute atomic E-state index is 0.0519. The maximum absolute atomic E-state index is 12.1. The van der Waals surface area contributed by atoms with Crippen LogP contribution in [0.4, 0.5) is 4.79 Å². The molecule has 0 atom stereocenters. The summed E-state index contributed by atoms with van der Waals surface area (Å²) >= 11 is 0. The summed E-state index contributed by atoms with van der Waals surface area (Å²) in [5, 5.41) is 19.0. The van der Waals surface area contributed by atoms with Gasteiger partial charge < -0.3 is 24.7 Å². The molecule has 2 saturated heterocycles. The molecule has 2 fully saturated rings. The number of carboxylic acids is 1. The second-order valence-electron chi connectivity index (χ2n) is 5.84. The Morgan fingerprint density at radius 1 is 1.35 bits per heavy atom. The summed E-state index contributed by atoms with van der Waals surface area (Å²) in [4.78, 5) is 25.8. The second kappa shape index (κ2) is 5.97. The van der Waals surface area contributed by atoms with E-state index in [4.69, 9.17) is 9.84 Å². The standard InChI is InChI=1S/C13H22N2O5/c1-14(9-13(19)2-4-20-5-3-13)12(18)15-7-10(8-15)6-11(16)17/h10,19H,2-9H2,1H3,(H,16,17). The smallest absolute Gasteiger partial charge is 0.319 e. The Labute approximate surface area is 118 Å². The summed E-state index contributed by atoms with van der Waals surface area (Å²) in [6.07, 6.45) is 1.17. The van der Waals surface area contributed by atoms with Crippen LogP contribution in [-0.4, -0.2) is 77.5 Å². The lowest BCUT2D eigenvalue weighted by Gasteiger charge is -2.42. The Morgan fingerprint density at radius 3 is 2.50 bits per heavy atom. The first kappa shape index (κ1) is 15.1. The normalized spacial score (nSPS) is 22.2. The van der Waals surface area contributed by atoms with Gasteiger partial charge in [0.25, 0.3) is 0 Å². The number of likely N-dealkylation sites (tertiary alicyclic amines) is 1. The molecule has 2 heterocycles. The molecule has 2 N–H and O–H groups in total. The molecular formula is C13H22N2O5. The SMILES string of the molecule is CN(CC1(O)CCOCC1)C(=O)N1CC(CC(=O)O)C1. The van der Waals surface area contributed by atoms with Gasteiger partial charge in [0.1, 0.15) is 0 Å². The number of nitrogens with zero attached hydrogens (tertiary/aromatic N) is 2. The van der Waals surface area contributed by atoms with E-state index in [1.165, 1.54) is 4.90 Å². The predicted molar refractivity (Wildman–Crippen MR) is 70.3 cm³/mol. The maximum Gasteiger partial charge on any atom is 0.319 e. The molecule has 0 aromatic rings. The first-order chi connectivity index (χ1) is 9.39. The van der Waals surface area contributed by atoms with E-state index < -0.39 is 11.6 Å². The van der Waals surface area contributed by atoms with Crippen LogP contribution >= 0.6 is 0 Å². The van der Waals surface area contributed by atoms with Gasteiger partial charge in [-0.3, -0.25) is 4.79 Å². The summed E-state index contributed by atoms with van der Waals surface area (Å²) in [6.45, 7) is 2.29. The van der Waals surface area contributed by atoms with Gasteiger partial charge in [-0.2, -0.15) is 0 Å². The van der Waals surface area contributed by atoms with Crippen molar-refractivity contribution in [1.82, 2.24) is 9.80 Å². The highest BCUT2D eigenvalue weighted by molar-refractivity contribution is 5.75. The average Bonchev–Trinajstić information content (AvgIpc) is 2.32. The van der Waals surface area contributed by atoms with Crippen LogP contribution in [0.2, 0.25) is 0 Å². The molecule has 0 aromatic carbocycles. The van der Waals surface area contributed by atoms with Crippen molar-refractivity contribution in [3.05, 3.63) is 0 Å². The number of aliphatic carboxylic acids is 1. The number of aliphatic hydroxyl groups is 1. The fraction of sp³-hybridized carbons (Fsp3) is 0.846. The summed E-state index contributed by atoms with van der Waals surface area (Å²) in [5.41, 5.74) is -0.867. The summed E-state index contributed by atoms with van der Waals surface area (Å²) < 4.78 is 5.21. The van der Waals surface area contributed by atoms with Gasteiger partial charge in [0.05, 0.1) is 18.6 Å². The minimum atomic E-state index is -0.867. The number of rotatable bonds is 4. The van der Waals surface area contributed by atoms with Crippen LogP contribution in [0.1, 0.15) is 19.3 Å². The number of urea groups is 1. The van der Waals surface area contributed by atoms with Crippen LogP contribution in [0, 0.1) is 5.92 Å². The highest BCUT2D eigenvalue weighted by Crippen LogP contribution is 2.24. The van der Waals surface area contributed by atoms with E-state index in [9.17, 15) is 14.7 Å². The fourth-order valence-electron chi connectivity index (χ4n) is 2.76. The molecule has 0 radical (unpaired) electrons. The van der Waals surface area contributed by atoms with Crippen molar-refractivity contribution in [1.29, 1.82) is 0 Å². The Hall–Kier alpha value is -1.34. The number of likely N-dealkylation sites (N-methyl/N-ethyl adjacent to an activating group) is 1. The van der Waals surface area contributed by atoms with E-state index in [0.29, 0.717) is 39.1 Å². The van der Waals surface area contributed by atoms with Gasteiger partial charge >= 0.3 is 12.0 Å². The largest absolute Gasteiger partial charge is 0.481 e. The molecule has 0 bridgehead atoms. The molecule has 0 unspecified atom stereocenters. The number of carbonyl (C=O) groups excluding carboxylic acids is 1. The molecule has 2 amide bonds. The van der Waals surface area contributed by atoms with Gasteiger partial charge in [0, 0.05) is 52.1 Å². The molecular weight excluding hydrogens is 264 g/mol. The third-order valence-electron chi connectivity index (χ3n) is 3.97. The zero-order valence-corrected chi connectivity index (χ0v) is 11.7. The molecule has 2 rings (SSSR count). The van der Waals surface area contributed by atoms with E-state index in [1.807, 2.05) is 0 Å². The van der Waals surface area contributed by atoms with Gasteiger partial charge in [-0.25, -0.2) is 4.79 Å². The average molecular weight is 286 g/mol. The lowest BCUT2D eigenvalue weighted by atomic mass is 9.93. The first-order valence-corrected chi connectivity index (χ1v) is 6.91. The van der Waals surface area contributed by atoms with E-state index in [-0.39, 0.29) is 24.9 Å². The summed E-state index contributed by atoms with van der Waals surface area (Å²) in [5.74, 6) is -0.775. The third kappa shape index (κ3) is 3.61. The van der Waals surface area contributed by atoms with Crippen molar-refractivity contribution >= 4 is 12.0 Å². The van der Waals surface area contributed by atoms with Crippen molar-refractivity contribution in [2.24, 2.45) is 5.92 Å². The molecule has 2 aliphatic rings. The van der Waals surface area contributed by atoms with E-state index in [1.54, 1.807) is 11.9 Å². The van der Waals surface area contributed by atoms with Crippen molar-refractivity contribution < 1.29 is 24.5 Å². The van der Waals surface area contributed by atoms with Crippen molar-refractivity contribution in [2.75, 3.05) is 39.9 Å². The zero-order chi connectivity index (χ0) is 14.8. The molecule has 0 aliphatic carbocycles. The quantitative estimate of drug-likeness (QED) is 0.758. The van der Waals surface area contributed by atoms with E-state index in [2.05, 4.69) is 0 Å². The Balaban J connectivity index is 1.77. The summed E-state index contributed by atoms with van der Waals surface area (Å²) in [7, 11) is 1.67. The lowest BCUT2D eigenvalue weighted by molar-refractivity contribution is -0.139. The molecule has 114 valence electrons. The molecule has 0 saturated carbocycles. The second-order valence-corrected chi connectivity index (χ2v) is 5.84.